The van der Waals surface area contributed by atoms with Crippen LogP contribution in [0.2, 0.25) is 5.02 Å². The highest BCUT2D eigenvalue weighted by molar-refractivity contribution is 8.00. The Kier molecular flexibility index (Phi) is 5.68. The molecule has 106 valence electrons. The molecule has 0 unspecified atom stereocenters. The lowest BCUT2D eigenvalue weighted by Crippen LogP contribution is -2.08. The van der Waals surface area contributed by atoms with Gasteiger partial charge in [-0.3, -0.25) is 4.79 Å². The maximum absolute atomic E-state index is 11.7. The molecule has 0 aliphatic carbocycles. The van der Waals surface area contributed by atoms with Crippen molar-refractivity contribution in [2.75, 3.05) is 5.75 Å². The van der Waals surface area contributed by atoms with Gasteiger partial charge in [0.2, 0.25) is 0 Å². The van der Waals surface area contributed by atoms with Crippen LogP contribution in [0.1, 0.15) is 11.1 Å². The zero-order valence-corrected chi connectivity index (χ0v) is 12.7. The van der Waals surface area contributed by atoms with Crippen LogP contribution in [0.15, 0.2) is 53.4 Å². The van der Waals surface area contributed by atoms with E-state index in [-0.39, 0.29) is 18.3 Å². The fourth-order valence-corrected chi connectivity index (χ4v) is 2.45. The number of esters is 1. The van der Waals surface area contributed by atoms with Crippen LogP contribution in [0.4, 0.5) is 0 Å². The van der Waals surface area contributed by atoms with E-state index in [2.05, 4.69) is 6.07 Å². The third kappa shape index (κ3) is 4.82. The average Bonchev–Trinajstić information content (AvgIpc) is 2.52. The van der Waals surface area contributed by atoms with Crippen LogP contribution in [-0.4, -0.2) is 11.7 Å². The quantitative estimate of drug-likeness (QED) is 0.616. The molecule has 0 saturated heterocycles. The molecule has 0 amide bonds. The zero-order chi connectivity index (χ0) is 15.1. The van der Waals surface area contributed by atoms with E-state index in [0.29, 0.717) is 16.1 Å². The average molecular weight is 318 g/mol. The predicted molar refractivity (Wildman–Crippen MR) is 83.1 cm³/mol. The number of thioether (sulfide) groups is 1. The number of ether oxygens (including phenoxy) is 1. The van der Waals surface area contributed by atoms with E-state index in [0.717, 1.165) is 4.90 Å². The van der Waals surface area contributed by atoms with Gasteiger partial charge >= 0.3 is 5.97 Å². The molecule has 0 spiro atoms. The first-order chi connectivity index (χ1) is 10.2. The number of hydrogen-bond donors (Lipinski definition) is 0. The molecule has 0 aliphatic rings. The number of halogens is 1. The molecule has 2 aromatic rings. The van der Waals surface area contributed by atoms with Crippen LogP contribution in [0.25, 0.3) is 0 Å². The molecule has 21 heavy (non-hydrogen) atoms. The highest BCUT2D eigenvalue weighted by Crippen LogP contribution is 2.20. The van der Waals surface area contributed by atoms with Crippen LogP contribution >= 0.6 is 23.4 Å². The first-order valence-corrected chi connectivity index (χ1v) is 7.57. The Hall–Kier alpha value is -1.96. The van der Waals surface area contributed by atoms with Gasteiger partial charge in [-0.15, -0.1) is 11.8 Å². The topological polar surface area (TPSA) is 50.1 Å². The third-order valence-electron chi connectivity index (χ3n) is 2.70. The zero-order valence-electron chi connectivity index (χ0n) is 11.1. The molecule has 0 fully saturated rings. The molecule has 2 aromatic carbocycles. The van der Waals surface area contributed by atoms with Crippen molar-refractivity contribution < 1.29 is 9.53 Å². The molecule has 0 aromatic heterocycles. The number of nitriles is 1. The van der Waals surface area contributed by atoms with Crippen LogP contribution in [-0.2, 0) is 16.1 Å². The molecular formula is C16H12ClNO2S. The summed E-state index contributed by atoms with van der Waals surface area (Å²) in [6.07, 6.45) is 0. The second-order valence-corrected chi connectivity index (χ2v) is 5.66. The van der Waals surface area contributed by atoms with Gasteiger partial charge in [-0.2, -0.15) is 5.26 Å². The molecule has 0 radical (unpaired) electrons. The minimum atomic E-state index is -0.317. The van der Waals surface area contributed by atoms with Crippen molar-refractivity contribution in [3.05, 3.63) is 64.7 Å². The van der Waals surface area contributed by atoms with Gasteiger partial charge in [-0.25, -0.2) is 0 Å². The lowest BCUT2D eigenvalue weighted by molar-refractivity contribution is -0.141. The highest BCUT2D eigenvalue weighted by Gasteiger charge is 2.07. The van der Waals surface area contributed by atoms with Gasteiger partial charge in [0.25, 0.3) is 0 Å². The van der Waals surface area contributed by atoms with E-state index < -0.39 is 0 Å². The van der Waals surface area contributed by atoms with Crippen molar-refractivity contribution in [3.8, 4) is 6.07 Å². The molecular weight excluding hydrogens is 306 g/mol. The Bertz CT molecular complexity index is 665. The van der Waals surface area contributed by atoms with Crippen molar-refractivity contribution in [1.29, 1.82) is 5.26 Å². The first kappa shape index (κ1) is 15.4. The van der Waals surface area contributed by atoms with Gasteiger partial charge in [0.15, 0.2) is 0 Å². The monoisotopic (exact) mass is 317 g/mol. The molecule has 0 heterocycles. The van der Waals surface area contributed by atoms with Crippen LogP contribution in [0, 0.1) is 11.3 Å². The van der Waals surface area contributed by atoms with Crippen LogP contribution in [0.3, 0.4) is 0 Å². The maximum atomic E-state index is 11.7. The van der Waals surface area contributed by atoms with Crippen molar-refractivity contribution in [2.24, 2.45) is 0 Å². The van der Waals surface area contributed by atoms with Crippen molar-refractivity contribution in [3.63, 3.8) is 0 Å². The Morgan fingerprint density at radius 1 is 1.19 bits per heavy atom. The van der Waals surface area contributed by atoms with E-state index >= 15 is 0 Å². The Morgan fingerprint density at radius 2 is 1.90 bits per heavy atom. The summed E-state index contributed by atoms with van der Waals surface area (Å²) in [4.78, 5) is 12.7. The number of rotatable bonds is 5. The molecule has 5 heteroatoms. The molecule has 0 N–H and O–H groups in total. The predicted octanol–water partition coefficient (Wildman–Crippen LogP) is 4.05. The summed E-state index contributed by atoms with van der Waals surface area (Å²) < 4.78 is 5.18. The summed E-state index contributed by atoms with van der Waals surface area (Å²) in [5.74, 6) is -0.0983. The van der Waals surface area contributed by atoms with Gasteiger partial charge in [0.05, 0.1) is 17.4 Å². The number of carbonyl (C=O) groups is 1. The fraction of sp³-hybridized carbons (Fsp3) is 0.125. The smallest absolute Gasteiger partial charge is 0.316 e. The minimum absolute atomic E-state index is 0.115. The Balaban J connectivity index is 1.82. The van der Waals surface area contributed by atoms with Gasteiger partial charge in [0.1, 0.15) is 6.61 Å². The summed E-state index contributed by atoms with van der Waals surface area (Å²) in [5, 5.41) is 9.61. The summed E-state index contributed by atoms with van der Waals surface area (Å²) in [7, 11) is 0. The van der Waals surface area contributed by atoms with Gasteiger partial charge in [-0.1, -0.05) is 29.8 Å². The molecule has 0 bridgehead atoms. The van der Waals surface area contributed by atoms with Gasteiger partial charge in [-0.05, 0) is 30.3 Å². The number of hydrogen-bond acceptors (Lipinski definition) is 4. The maximum Gasteiger partial charge on any atom is 0.316 e. The summed E-state index contributed by atoms with van der Waals surface area (Å²) in [6, 6.07) is 16.4. The summed E-state index contributed by atoms with van der Waals surface area (Å²) in [5.41, 5.74) is 1.24. The van der Waals surface area contributed by atoms with E-state index in [4.69, 9.17) is 21.6 Å². The third-order valence-corrected chi connectivity index (χ3v) is 3.93. The largest absolute Gasteiger partial charge is 0.460 e. The number of nitrogens with zero attached hydrogens (tertiary/aromatic N) is 1. The summed E-state index contributed by atoms with van der Waals surface area (Å²) in [6.45, 7) is 0.115. The highest BCUT2D eigenvalue weighted by atomic mass is 35.5. The lowest BCUT2D eigenvalue weighted by Gasteiger charge is -2.06. The van der Waals surface area contributed by atoms with E-state index in [1.165, 1.54) is 11.8 Å². The standard InChI is InChI=1S/C16H12ClNO2S/c17-14-5-7-15(8-6-14)21-11-16(19)20-10-13-4-2-1-3-12(13)9-18/h1-8H,10-11H2. The molecule has 0 aliphatic heterocycles. The van der Waals surface area contributed by atoms with Crippen molar-refractivity contribution in [2.45, 2.75) is 11.5 Å². The summed E-state index contributed by atoms with van der Waals surface area (Å²) >= 11 is 7.18. The second kappa shape index (κ2) is 7.72. The van der Waals surface area contributed by atoms with E-state index in [9.17, 15) is 4.79 Å². The van der Waals surface area contributed by atoms with Gasteiger partial charge < -0.3 is 4.74 Å². The fourth-order valence-electron chi connectivity index (χ4n) is 1.63. The molecule has 0 saturated carbocycles. The lowest BCUT2D eigenvalue weighted by atomic mass is 10.1. The molecule has 0 atom stereocenters. The number of carbonyl (C=O) groups excluding carboxylic acids is 1. The number of benzene rings is 2. The van der Waals surface area contributed by atoms with E-state index in [1.807, 2.05) is 18.2 Å². The molecule has 2 rings (SSSR count). The Morgan fingerprint density at radius 3 is 2.62 bits per heavy atom. The van der Waals surface area contributed by atoms with Crippen LogP contribution < -0.4 is 0 Å². The van der Waals surface area contributed by atoms with Crippen molar-refractivity contribution >= 4 is 29.3 Å². The SMILES string of the molecule is N#Cc1ccccc1COC(=O)CSc1ccc(Cl)cc1. The Labute approximate surface area is 132 Å². The van der Waals surface area contributed by atoms with Crippen LogP contribution in [0.5, 0.6) is 0 Å². The van der Waals surface area contributed by atoms with E-state index in [1.54, 1.807) is 30.3 Å². The minimum Gasteiger partial charge on any atom is -0.460 e. The second-order valence-electron chi connectivity index (χ2n) is 4.17. The first-order valence-electron chi connectivity index (χ1n) is 6.21. The van der Waals surface area contributed by atoms with Gasteiger partial charge in [0, 0.05) is 15.5 Å². The molecule has 3 nitrogen and oxygen atoms in total. The van der Waals surface area contributed by atoms with Crippen molar-refractivity contribution in [1.82, 2.24) is 0 Å². The normalized spacial score (nSPS) is 9.90.